The normalized spacial score (nSPS) is 20.2. The molecule has 1 aromatic heterocycles. The molecular weight excluding hydrogens is 180 g/mol. The van der Waals surface area contributed by atoms with Crippen molar-refractivity contribution in [3.63, 3.8) is 0 Å². The molecule has 4 nitrogen and oxygen atoms in total. The van der Waals surface area contributed by atoms with Gasteiger partial charge in [-0.2, -0.15) is 0 Å². The maximum absolute atomic E-state index is 5.56. The van der Waals surface area contributed by atoms with Crippen molar-refractivity contribution in [1.82, 2.24) is 4.98 Å². The third-order valence-corrected chi connectivity index (χ3v) is 2.31. The van der Waals surface area contributed by atoms with Crippen LogP contribution < -0.4 is 10.5 Å². The van der Waals surface area contributed by atoms with Crippen LogP contribution in [0.15, 0.2) is 18.5 Å². The summed E-state index contributed by atoms with van der Waals surface area (Å²) in [4.78, 5) is 3.99. The van der Waals surface area contributed by atoms with Gasteiger partial charge in [0.25, 0.3) is 0 Å². The predicted octanol–water partition coefficient (Wildman–Crippen LogP) is 0.708. The molecule has 14 heavy (non-hydrogen) atoms. The van der Waals surface area contributed by atoms with Gasteiger partial charge >= 0.3 is 0 Å². The minimum atomic E-state index is 0.251. The Labute approximate surface area is 83.0 Å². The standard InChI is InChI=1S/C10H14N2O2/c11-5-8-1-3-12-6-10(8)14-7-9-2-4-13-9/h1,3,6,9H,2,4-5,7,11H2/t9-/m1/s1. The molecule has 0 spiro atoms. The van der Waals surface area contributed by atoms with E-state index in [1.807, 2.05) is 6.07 Å². The van der Waals surface area contributed by atoms with Crippen molar-refractivity contribution >= 4 is 0 Å². The molecule has 0 unspecified atom stereocenters. The second-order valence-electron chi connectivity index (χ2n) is 3.28. The Morgan fingerprint density at radius 1 is 1.64 bits per heavy atom. The maximum Gasteiger partial charge on any atom is 0.142 e. The number of ether oxygens (including phenoxy) is 2. The van der Waals surface area contributed by atoms with Crippen LogP contribution in [0.5, 0.6) is 5.75 Å². The summed E-state index contributed by atoms with van der Waals surface area (Å²) in [5, 5.41) is 0. The fourth-order valence-corrected chi connectivity index (χ4v) is 1.31. The molecule has 2 heterocycles. The van der Waals surface area contributed by atoms with Gasteiger partial charge in [-0.1, -0.05) is 0 Å². The highest BCUT2D eigenvalue weighted by Crippen LogP contribution is 2.18. The average molecular weight is 194 g/mol. The molecule has 0 aromatic carbocycles. The van der Waals surface area contributed by atoms with Crippen molar-refractivity contribution in [2.24, 2.45) is 5.73 Å². The van der Waals surface area contributed by atoms with Crippen LogP contribution in [-0.4, -0.2) is 24.3 Å². The number of hydrogen-bond donors (Lipinski definition) is 1. The molecule has 76 valence electrons. The van der Waals surface area contributed by atoms with E-state index in [2.05, 4.69) is 4.98 Å². The number of aromatic nitrogens is 1. The first-order valence-electron chi connectivity index (χ1n) is 4.77. The van der Waals surface area contributed by atoms with E-state index in [0.29, 0.717) is 13.2 Å². The Hall–Kier alpha value is -1.13. The van der Waals surface area contributed by atoms with Crippen LogP contribution in [0.1, 0.15) is 12.0 Å². The zero-order valence-electron chi connectivity index (χ0n) is 7.98. The third kappa shape index (κ3) is 2.02. The van der Waals surface area contributed by atoms with Gasteiger partial charge < -0.3 is 15.2 Å². The van der Waals surface area contributed by atoms with Crippen LogP contribution in [0, 0.1) is 0 Å². The summed E-state index contributed by atoms with van der Waals surface area (Å²) >= 11 is 0. The summed E-state index contributed by atoms with van der Waals surface area (Å²) in [5.41, 5.74) is 6.55. The van der Waals surface area contributed by atoms with Gasteiger partial charge in [0.05, 0.1) is 12.3 Å². The molecule has 1 aliphatic heterocycles. The highest BCUT2D eigenvalue weighted by Gasteiger charge is 2.18. The lowest BCUT2D eigenvalue weighted by molar-refractivity contribution is -0.0722. The minimum absolute atomic E-state index is 0.251. The fourth-order valence-electron chi connectivity index (χ4n) is 1.31. The number of nitrogens with two attached hydrogens (primary N) is 1. The topological polar surface area (TPSA) is 57.4 Å². The summed E-state index contributed by atoms with van der Waals surface area (Å²) in [5.74, 6) is 0.769. The molecule has 1 fully saturated rings. The Morgan fingerprint density at radius 3 is 3.14 bits per heavy atom. The van der Waals surface area contributed by atoms with E-state index < -0.39 is 0 Å². The van der Waals surface area contributed by atoms with Crippen molar-refractivity contribution in [3.8, 4) is 5.75 Å². The molecule has 0 saturated carbocycles. The van der Waals surface area contributed by atoms with E-state index >= 15 is 0 Å². The molecule has 2 N–H and O–H groups in total. The van der Waals surface area contributed by atoms with E-state index in [9.17, 15) is 0 Å². The smallest absolute Gasteiger partial charge is 0.142 e. The highest BCUT2D eigenvalue weighted by molar-refractivity contribution is 5.29. The van der Waals surface area contributed by atoms with Gasteiger partial charge in [-0.15, -0.1) is 0 Å². The monoisotopic (exact) mass is 194 g/mol. The van der Waals surface area contributed by atoms with Gasteiger partial charge in [0.2, 0.25) is 0 Å². The first kappa shape index (κ1) is 9.43. The van der Waals surface area contributed by atoms with Crippen LogP contribution in [0.3, 0.4) is 0 Å². The number of nitrogens with zero attached hydrogens (tertiary/aromatic N) is 1. The van der Waals surface area contributed by atoms with Gasteiger partial charge in [0.1, 0.15) is 12.4 Å². The Bertz CT molecular complexity index is 300. The fraction of sp³-hybridized carbons (Fsp3) is 0.500. The van der Waals surface area contributed by atoms with E-state index in [-0.39, 0.29) is 6.10 Å². The molecule has 0 amide bonds. The zero-order valence-corrected chi connectivity index (χ0v) is 7.98. The molecule has 1 saturated heterocycles. The van der Waals surface area contributed by atoms with E-state index in [1.165, 1.54) is 0 Å². The van der Waals surface area contributed by atoms with Gasteiger partial charge in [-0.25, -0.2) is 0 Å². The van der Waals surface area contributed by atoms with Crippen molar-refractivity contribution < 1.29 is 9.47 Å². The number of rotatable bonds is 4. The molecule has 0 aliphatic carbocycles. The van der Waals surface area contributed by atoms with E-state index in [4.69, 9.17) is 15.2 Å². The summed E-state index contributed by atoms with van der Waals surface area (Å²) in [6, 6.07) is 1.87. The van der Waals surface area contributed by atoms with Crippen molar-refractivity contribution in [2.75, 3.05) is 13.2 Å². The lowest BCUT2D eigenvalue weighted by Crippen LogP contribution is -2.32. The van der Waals surface area contributed by atoms with E-state index in [1.54, 1.807) is 12.4 Å². The summed E-state index contributed by atoms with van der Waals surface area (Å²) < 4.78 is 10.8. The SMILES string of the molecule is NCc1ccncc1OC[C@H]1CCO1. The Morgan fingerprint density at radius 2 is 2.50 bits per heavy atom. The van der Waals surface area contributed by atoms with Gasteiger partial charge in [-0.3, -0.25) is 4.98 Å². The van der Waals surface area contributed by atoms with Crippen molar-refractivity contribution in [2.45, 2.75) is 19.1 Å². The van der Waals surface area contributed by atoms with Crippen LogP contribution in [0.25, 0.3) is 0 Å². The molecule has 2 rings (SSSR count). The predicted molar refractivity (Wildman–Crippen MR) is 52.0 cm³/mol. The molecule has 4 heteroatoms. The lowest BCUT2D eigenvalue weighted by atomic mass is 10.2. The highest BCUT2D eigenvalue weighted by atomic mass is 16.5. The summed E-state index contributed by atoms with van der Waals surface area (Å²) in [6.07, 6.45) is 4.74. The molecule has 1 aliphatic rings. The zero-order chi connectivity index (χ0) is 9.80. The summed E-state index contributed by atoms with van der Waals surface area (Å²) in [6.45, 7) is 1.92. The van der Waals surface area contributed by atoms with Gasteiger partial charge in [0, 0.05) is 31.3 Å². The van der Waals surface area contributed by atoms with Crippen LogP contribution in [0.2, 0.25) is 0 Å². The second-order valence-corrected chi connectivity index (χ2v) is 3.28. The van der Waals surface area contributed by atoms with Crippen molar-refractivity contribution in [1.29, 1.82) is 0 Å². The number of pyridine rings is 1. The molecule has 0 radical (unpaired) electrons. The molecular formula is C10H14N2O2. The van der Waals surface area contributed by atoms with Crippen LogP contribution in [-0.2, 0) is 11.3 Å². The quantitative estimate of drug-likeness (QED) is 0.766. The average Bonchev–Trinajstić information content (AvgIpc) is 2.16. The first-order chi connectivity index (χ1) is 6.90. The minimum Gasteiger partial charge on any atom is -0.489 e. The summed E-state index contributed by atoms with van der Waals surface area (Å²) in [7, 11) is 0. The molecule has 0 bridgehead atoms. The van der Waals surface area contributed by atoms with E-state index in [0.717, 1.165) is 24.3 Å². The lowest BCUT2D eigenvalue weighted by Gasteiger charge is -2.26. The molecule has 1 atom stereocenters. The first-order valence-corrected chi connectivity index (χ1v) is 4.77. The number of hydrogen-bond acceptors (Lipinski definition) is 4. The maximum atomic E-state index is 5.56. The Balaban J connectivity index is 1.93. The van der Waals surface area contributed by atoms with Gasteiger partial charge in [0.15, 0.2) is 0 Å². The van der Waals surface area contributed by atoms with Crippen LogP contribution in [0.4, 0.5) is 0 Å². The third-order valence-electron chi connectivity index (χ3n) is 2.31. The second kappa shape index (κ2) is 4.39. The van der Waals surface area contributed by atoms with Gasteiger partial charge in [-0.05, 0) is 6.07 Å². The molecule has 1 aromatic rings. The Kier molecular flexibility index (Phi) is 2.96. The largest absolute Gasteiger partial charge is 0.489 e. The van der Waals surface area contributed by atoms with Crippen molar-refractivity contribution in [3.05, 3.63) is 24.0 Å². The van der Waals surface area contributed by atoms with Crippen LogP contribution >= 0.6 is 0 Å².